The molecule has 3 aromatic heterocycles. The number of carbonyl (C=O) groups is 2. The lowest BCUT2D eigenvalue weighted by atomic mass is 10.0. The van der Waals surface area contributed by atoms with Crippen molar-refractivity contribution in [1.29, 1.82) is 0 Å². The van der Waals surface area contributed by atoms with Gasteiger partial charge in [-0.15, -0.1) is 0 Å². The Hall–Kier alpha value is -4.59. The topological polar surface area (TPSA) is 185 Å². The molecule has 0 fully saturated rings. The molecule has 3 aromatic carbocycles. The first kappa shape index (κ1) is 36.2. The zero-order valence-corrected chi connectivity index (χ0v) is 28.4. The van der Waals surface area contributed by atoms with Gasteiger partial charge in [0, 0.05) is 84.4 Å². The van der Waals surface area contributed by atoms with Gasteiger partial charge in [-0.3, -0.25) is 19.7 Å². The van der Waals surface area contributed by atoms with Crippen LogP contribution in [-0.4, -0.2) is 52.9 Å². The second-order valence-electron chi connectivity index (χ2n) is 11.2. The van der Waals surface area contributed by atoms with Crippen molar-refractivity contribution in [3.63, 3.8) is 0 Å². The molecule has 15 heteroatoms. The van der Waals surface area contributed by atoms with Crippen molar-refractivity contribution in [3.8, 4) is 0 Å². The molecule has 0 saturated carbocycles. The van der Waals surface area contributed by atoms with Gasteiger partial charge in [0.25, 0.3) is 5.69 Å². The summed E-state index contributed by atoms with van der Waals surface area (Å²) in [4.78, 5) is 32.2. The Morgan fingerprint density at radius 2 is 1.29 bits per heavy atom. The van der Waals surface area contributed by atoms with E-state index < -0.39 is 28.9 Å². The van der Waals surface area contributed by atoms with Crippen molar-refractivity contribution in [3.05, 3.63) is 109 Å². The zero-order chi connectivity index (χ0) is 35.4. The molecule has 6 rings (SSSR count). The second-order valence-corrected chi connectivity index (χ2v) is 12.4. The Morgan fingerprint density at radius 3 is 1.90 bits per heavy atom. The number of carboxylic acid groups (broad SMARTS) is 2. The van der Waals surface area contributed by atoms with Gasteiger partial charge in [-0.1, -0.05) is 34.8 Å². The Balaban J connectivity index is 0.000000169. The maximum Gasteiger partial charge on any atom is 0.320 e. The monoisotopic (exact) mass is 714 g/mol. The molecule has 2 atom stereocenters. The highest BCUT2D eigenvalue weighted by Crippen LogP contribution is 2.36. The summed E-state index contributed by atoms with van der Waals surface area (Å²) < 4.78 is 5.70. The van der Waals surface area contributed by atoms with Crippen molar-refractivity contribution in [1.82, 2.24) is 13.7 Å². The number of nitro groups is 1. The fraction of sp³-hybridized carbons (Fsp3) is 0.212. The Morgan fingerprint density at radius 1 is 0.771 bits per heavy atom. The van der Waals surface area contributed by atoms with Crippen molar-refractivity contribution < 1.29 is 24.7 Å². The summed E-state index contributed by atoms with van der Waals surface area (Å²) >= 11 is 17.6. The van der Waals surface area contributed by atoms with E-state index in [4.69, 9.17) is 56.5 Å². The highest BCUT2D eigenvalue weighted by molar-refractivity contribution is 6.34. The van der Waals surface area contributed by atoms with Crippen LogP contribution in [0.1, 0.15) is 11.1 Å². The summed E-state index contributed by atoms with van der Waals surface area (Å²) in [5.41, 5.74) is 15.1. The summed E-state index contributed by atoms with van der Waals surface area (Å²) in [7, 11) is 5.65. The zero-order valence-electron chi connectivity index (χ0n) is 26.1. The van der Waals surface area contributed by atoms with Crippen LogP contribution in [0.2, 0.25) is 15.1 Å². The largest absolute Gasteiger partial charge is 0.480 e. The van der Waals surface area contributed by atoms with E-state index >= 15 is 0 Å². The number of aryl methyl sites for hydroxylation is 3. The lowest BCUT2D eigenvalue weighted by Crippen LogP contribution is -2.32. The molecule has 0 amide bonds. The summed E-state index contributed by atoms with van der Waals surface area (Å²) in [6.07, 6.45) is 5.85. The van der Waals surface area contributed by atoms with Crippen LogP contribution in [0, 0.1) is 10.1 Å². The van der Waals surface area contributed by atoms with E-state index in [1.807, 2.05) is 67.5 Å². The van der Waals surface area contributed by atoms with Gasteiger partial charge in [0.1, 0.15) is 17.1 Å². The smallest absolute Gasteiger partial charge is 0.320 e. The normalized spacial score (nSPS) is 12.2. The van der Waals surface area contributed by atoms with Crippen molar-refractivity contribution in [2.45, 2.75) is 24.9 Å². The molecule has 0 bridgehead atoms. The predicted octanol–water partition coefficient (Wildman–Crippen LogP) is 6.31. The molecule has 0 spiro atoms. The van der Waals surface area contributed by atoms with Crippen LogP contribution in [0.25, 0.3) is 32.7 Å². The third-order valence-electron chi connectivity index (χ3n) is 7.74. The molecule has 0 aliphatic heterocycles. The first-order valence-corrected chi connectivity index (χ1v) is 15.5. The average Bonchev–Trinajstić information content (AvgIpc) is 3.64. The number of halogens is 3. The summed E-state index contributed by atoms with van der Waals surface area (Å²) in [6, 6.07) is 14.6. The maximum atomic E-state index is 11.2. The predicted molar refractivity (Wildman–Crippen MR) is 189 cm³/mol. The van der Waals surface area contributed by atoms with Gasteiger partial charge >= 0.3 is 11.9 Å². The van der Waals surface area contributed by atoms with Crippen LogP contribution in [0.4, 0.5) is 5.69 Å². The lowest BCUT2D eigenvalue weighted by molar-refractivity contribution is -0.382. The number of aromatic nitrogens is 3. The van der Waals surface area contributed by atoms with Gasteiger partial charge in [-0.2, -0.15) is 0 Å². The van der Waals surface area contributed by atoms with E-state index in [1.165, 1.54) is 17.0 Å². The number of rotatable bonds is 7. The molecule has 0 saturated heterocycles. The molecule has 0 radical (unpaired) electrons. The minimum atomic E-state index is -1.16. The van der Waals surface area contributed by atoms with Gasteiger partial charge in [0.05, 0.1) is 15.8 Å². The molecule has 6 N–H and O–H groups in total. The minimum absolute atomic E-state index is 0.00610. The average molecular weight is 716 g/mol. The second kappa shape index (κ2) is 15.1. The van der Waals surface area contributed by atoms with Crippen LogP contribution >= 0.6 is 34.8 Å². The van der Waals surface area contributed by atoms with Crippen molar-refractivity contribution in [2.75, 3.05) is 0 Å². The van der Waals surface area contributed by atoms with Crippen molar-refractivity contribution >= 4 is 85.1 Å². The van der Waals surface area contributed by atoms with Gasteiger partial charge in [0.15, 0.2) is 0 Å². The summed E-state index contributed by atoms with van der Waals surface area (Å²) in [6.45, 7) is 0. The van der Waals surface area contributed by atoms with Gasteiger partial charge in [0.2, 0.25) is 0 Å². The molecule has 0 aliphatic carbocycles. The fourth-order valence-electron chi connectivity index (χ4n) is 5.38. The number of aliphatic carboxylic acids is 2. The van der Waals surface area contributed by atoms with Gasteiger partial charge in [-0.25, -0.2) is 0 Å². The molecule has 12 nitrogen and oxygen atoms in total. The van der Waals surface area contributed by atoms with E-state index in [-0.39, 0.29) is 17.1 Å². The molecule has 3 heterocycles. The molecular formula is C33H33Cl3N6O6. The van der Waals surface area contributed by atoms with E-state index in [9.17, 15) is 19.7 Å². The number of benzene rings is 3. The standard InChI is InChI=1S/C12H12ClN3O4.C12H13ClN2O2.C9H8ClN/c1-15-5-6(4-8(14)12(17)18)10-9(15)3-2-7(13)11(10)16(19)20;1-15-6-7(4-10(14)12(16)17)9-5-8(13)2-3-11(9)15;1-11-5-4-7-6-8(10)2-3-9(7)11/h2-3,5,8H,4,14H2,1H3,(H,17,18);2-3,5-6,10H,4,14H2,1H3,(H,16,17);2-6H,1H3. The number of hydrogen-bond donors (Lipinski definition) is 4. The molecule has 0 aliphatic rings. The highest BCUT2D eigenvalue weighted by Gasteiger charge is 2.25. The third kappa shape index (κ3) is 8.09. The minimum Gasteiger partial charge on any atom is -0.480 e. The number of nitrogens with two attached hydrogens (primary N) is 2. The number of hydrogen-bond acceptors (Lipinski definition) is 6. The van der Waals surface area contributed by atoms with E-state index in [1.54, 1.807) is 23.9 Å². The van der Waals surface area contributed by atoms with Crippen LogP contribution < -0.4 is 11.5 Å². The number of nitro benzene ring substituents is 1. The molecule has 2 unspecified atom stereocenters. The first-order chi connectivity index (χ1) is 22.6. The molecule has 6 aromatic rings. The van der Waals surface area contributed by atoms with Gasteiger partial charge in [-0.05, 0) is 65.7 Å². The van der Waals surface area contributed by atoms with Crippen LogP contribution in [0.15, 0.2) is 73.2 Å². The van der Waals surface area contributed by atoms with Crippen LogP contribution in [-0.2, 0) is 43.6 Å². The number of nitrogens with zero attached hydrogens (tertiary/aromatic N) is 4. The Labute approximate surface area is 289 Å². The number of carboxylic acids is 2. The molecule has 48 heavy (non-hydrogen) atoms. The maximum absolute atomic E-state index is 11.2. The molecular weight excluding hydrogens is 683 g/mol. The first-order valence-electron chi connectivity index (χ1n) is 14.4. The number of fused-ring (bicyclic) bond motifs is 3. The van der Waals surface area contributed by atoms with E-state index in [0.29, 0.717) is 27.9 Å². The third-order valence-corrected chi connectivity index (χ3v) is 8.51. The van der Waals surface area contributed by atoms with E-state index in [0.717, 1.165) is 21.5 Å². The quantitative estimate of drug-likeness (QED) is 0.109. The fourth-order valence-corrected chi connectivity index (χ4v) is 5.96. The summed E-state index contributed by atoms with van der Waals surface area (Å²) in [5.74, 6) is -2.16. The van der Waals surface area contributed by atoms with Crippen LogP contribution in [0.5, 0.6) is 0 Å². The summed E-state index contributed by atoms with van der Waals surface area (Å²) in [5, 5.41) is 32.8. The van der Waals surface area contributed by atoms with Crippen LogP contribution in [0.3, 0.4) is 0 Å². The Kier molecular flexibility index (Phi) is 11.4. The van der Waals surface area contributed by atoms with Crippen molar-refractivity contribution in [2.24, 2.45) is 32.6 Å². The Bertz CT molecular complexity index is 2150. The van der Waals surface area contributed by atoms with Gasteiger partial charge < -0.3 is 35.4 Å². The van der Waals surface area contributed by atoms with E-state index in [2.05, 4.69) is 10.6 Å². The highest BCUT2D eigenvalue weighted by atomic mass is 35.5. The lowest BCUT2D eigenvalue weighted by Gasteiger charge is -2.05. The molecule has 252 valence electrons. The SMILES string of the molecule is Cn1cc(CC(N)C(=O)O)c2c([N+](=O)[O-])c(Cl)ccc21.Cn1cc(CC(N)C(=O)O)c2cc(Cl)ccc21.Cn1ccc2cc(Cl)ccc21.